The molecule has 1 saturated heterocycles. The molecule has 3 heterocycles. The summed E-state index contributed by atoms with van der Waals surface area (Å²) >= 11 is 0. The highest BCUT2D eigenvalue weighted by molar-refractivity contribution is 5.92. The topological polar surface area (TPSA) is 115 Å². The molecule has 31 heavy (non-hydrogen) atoms. The number of carbonyl (C=O) groups is 1. The van der Waals surface area contributed by atoms with Crippen LogP contribution >= 0.6 is 0 Å². The van der Waals surface area contributed by atoms with Gasteiger partial charge in [-0.1, -0.05) is 30.3 Å². The molecule has 8 nitrogen and oxygen atoms in total. The van der Waals surface area contributed by atoms with Crippen molar-refractivity contribution in [1.82, 2.24) is 20.6 Å². The molecule has 0 radical (unpaired) electrons. The number of hydrogen-bond acceptors (Lipinski definition) is 6. The number of benzene rings is 1. The van der Waals surface area contributed by atoms with Crippen LogP contribution in [0.2, 0.25) is 0 Å². The summed E-state index contributed by atoms with van der Waals surface area (Å²) in [5.41, 5.74) is 4.26. The first-order chi connectivity index (χ1) is 15.1. The molecule has 0 aliphatic carbocycles. The van der Waals surface area contributed by atoms with Gasteiger partial charge in [0.05, 0.1) is 11.9 Å². The van der Waals surface area contributed by atoms with Gasteiger partial charge in [0.1, 0.15) is 5.82 Å². The number of hydrogen-bond donors (Lipinski definition) is 5. The standard InChI is InChI=1S/C23H25N7O/c1-15-9-18(7-8-25-15)28-21-14-27-22(10-17(21)12-24)30-23(31)29-19-11-20(26-13-19)16-5-3-2-4-6-16/h2-10,12,14,19-20,24,26H,11,13H2,1H3,(H,25,28)(H2,27,29,30,31). The number of aromatic nitrogens is 2. The molecule has 5 N–H and O–H groups in total. The van der Waals surface area contributed by atoms with E-state index in [2.05, 4.69) is 43.4 Å². The van der Waals surface area contributed by atoms with Gasteiger partial charge in [-0.05, 0) is 37.1 Å². The Labute approximate surface area is 181 Å². The predicted octanol–water partition coefficient (Wildman–Crippen LogP) is 3.75. The molecule has 4 rings (SSSR count). The minimum absolute atomic E-state index is 0.0308. The van der Waals surface area contributed by atoms with Crippen LogP contribution in [0.4, 0.5) is 22.0 Å². The van der Waals surface area contributed by atoms with Gasteiger partial charge in [0.2, 0.25) is 0 Å². The van der Waals surface area contributed by atoms with Crippen molar-refractivity contribution in [2.24, 2.45) is 0 Å². The van der Waals surface area contributed by atoms with Crippen molar-refractivity contribution in [2.75, 3.05) is 17.2 Å². The molecular formula is C23H25N7O. The first kappa shape index (κ1) is 20.5. The van der Waals surface area contributed by atoms with Crippen LogP contribution in [0.25, 0.3) is 0 Å². The summed E-state index contributed by atoms with van der Waals surface area (Å²) in [7, 11) is 0. The van der Waals surface area contributed by atoms with Crippen LogP contribution < -0.4 is 21.3 Å². The Morgan fingerprint density at radius 3 is 2.81 bits per heavy atom. The summed E-state index contributed by atoms with van der Waals surface area (Å²) in [5, 5.41) is 20.2. The van der Waals surface area contributed by atoms with Gasteiger partial charge in [-0.25, -0.2) is 9.78 Å². The number of aryl methyl sites for hydroxylation is 1. The SMILES string of the molecule is Cc1cc(Nc2cnc(NC(=O)NC3CNC(c4ccccc4)C3)cc2C=N)ccn1. The summed E-state index contributed by atoms with van der Waals surface area (Å²) in [6.07, 6.45) is 5.38. The Morgan fingerprint density at radius 1 is 1.19 bits per heavy atom. The molecule has 8 heteroatoms. The van der Waals surface area contributed by atoms with Crippen LogP contribution in [0.5, 0.6) is 0 Å². The Balaban J connectivity index is 1.35. The number of nitrogens with one attached hydrogen (secondary N) is 5. The van der Waals surface area contributed by atoms with Gasteiger partial charge in [0.25, 0.3) is 0 Å². The van der Waals surface area contributed by atoms with E-state index in [0.29, 0.717) is 23.6 Å². The largest absolute Gasteiger partial charge is 0.354 e. The molecule has 0 bridgehead atoms. The van der Waals surface area contributed by atoms with E-state index in [4.69, 9.17) is 5.41 Å². The fraction of sp³-hybridized carbons (Fsp3) is 0.217. The lowest BCUT2D eigenvalue weighted by atomic mass is 10.0. The Bertz CT molecular complexity index is 1070. The van der Waals surface area contributed by atoms with Gasteiger partial charge in [0.15, 0.2) is 0 Å². The molecule has 0 spiro atoms. The second-order valence-electron chi connectivity index (χ2n) is 7.51. The van der Waals surface area contributed by atoms with E-state index >= 15 is 0 Å². The molecule has 2 aromatic heterocycles. The number of carbonyl (C=O) groups excluding carboxylic acids is 1. The summed E-state index contributed by atoms with van der Waals surface area (Å²) in [5.74, 6) is 0.387. The highest BCUT2D eigenvalue weighted by Gasteiger charge is 2.26. The third-order valence-corrected chi connectivity index (χ3v) is 5.18. The molecule has 2 amide bonds. The molecule has 158 valence electrons. The monoisotopic (exact) mass is 415 g/mol. The Kier molecular flexibility index (Phi) is 6.18. The molecule has 2 atom stereocenters. The third kappa shape index (κ3) is 5.23. The Morgan fingerprint density at radius 2 is 2.03 bits per heavy atom. The number of nitrogens with zero attached hydrogens (tertiary/aromatic N) is 2. The zero-order valence-corrected chi connectivity index (χ0v) is 17.2. The summed E-state index contributed by atoms with van der Waals surface area (Å²) in [4.78, 5) is 20.9. The van der Waals surface area contributed by atoms with E-state index < -0.39 is 0 Å². The lowest BCUT2D eigenvalue weighted by Crippen LogP contribution is -2.39. The van der Waals surface area contributed by atoms with E-state index in [-0.39, 0.29) is 18.1 Å². The van der Waals surface area contributed by atoms with Gasteiger partial charge in [-0.2, -0.15) is 0 Å². The average molecular weight is 416 g/mol. The summed E-state index contributed by atoms with van der Waals surface area (Å²) < 4.78 is 0. The van der Waals surface area contributed by atoms with Gasteiger partial charge >= 0.3 is 6.03 Å². The van der Waals surface area contributed by atoms with Gasteiger partial charge < -0.3 is 21.4 Å². The predicted molar refractivity (Wildman–Crippen MR) is 122 cm³/mol. The molecule has 1 fully saturated rings. The smallest absolute Gasteiger partial charge is 0.320 e. The summed E-state index contributed by atoms with van der Waals surface area (Å²) in [6, 6.07) is 15.6. The lowest BCUT2D eigenvalue weighted by Gasteiger charge is -2.14. The minimum atomic E-state index is -0.311. The quantitative estimate of drug-likeness (QED) is 0.393. The van der Waals surface area contributed by atoms with Crippen molar-refractivity contribution in [3.63, 3.8) is 0 Å². The van der Waals surface area contributed by atoms with Crippen molar-refractivity contribution in [3.05, 3.63) is 77.7 Å². The zero-order chi connectivity index (χ0) is 21.6. The van der Waals surface area contributed by atoms with Crippen LogP contribution in [0.3, 0.4) is 0 Å². The van der Waals surface area contributed by atoms with Crippen molar-refractivity contribution in [2.45, 2.75) is 25.4 Å². The minimum Gasteiger partial charge on any atom is -0.354 e. The fourth-order valence-corrected chi connectivity index (χ4v) is 3.66. The van der Waals surface area contributed by atoms with Crippen LogP contribution in [-0.4, -0.2) is 34.8 Å². The number of anilines is 3. The van der Waals surface area contributed by atoms with E-state index in [1.807, 2.05) is 37.3 Å². The van der Waals surface area contributed by atoms with E-state index in [1.54, 1.807) is 18.5 Å². The lowest BCUT2D eigenvalue weighted by molar-refractivity contribution is 0.249. The van der Waals surface area contributed by atoms with Crippen LogP contribution in [0, 0.1) is 12.3 Å². The number of urea groups is 1. The molecule has 1 aliphatic rings. The van der Waals surface area contributed by atoms with E-state index in [1.165, 1.54) is 11.8 Å². The summed E-state index contributed by atoms with van der Waals surface area (Å²) in [6.45, 7) is 2.62. The molecule has 3 aromatic rings. The molecule has 0 saturated carbocycles. The highest BCUT2D eigenvalue weighted by atomic mass is 16.2. The molecular weight excluding hydrogens is 390 g/mol. The average Bonchev–Trinajstić information content (AvgIpc) is 3.24. The second-order valence-corrected chi connectivity index (χ2v) is 7.51. The van der Waals surface area contributed by atoms with Crippen molar-refractivity contribution in [1.29, 1.82) is 5.41 Å². The van der Waals surface area contributed by atoms with Gasteiger partial charge in [-0.15, -0.1) is 0 Å². The van der Waals surface area contributed by atoms with Crippen LogP contribution in [0.1, 0.15) is 29.3 Å². The normalized spacial score (nSPS) is 17.7. The maximum Gasteiger partial charge on any atom is 0.320 e. The van der Waals surface area contributed by atoms with Crippen LogP contribution in [0.15, 0.2) is 60.9 Å². The second kappa shape index (κ2) is 9.36. The third-order valence-electron chi connectivity index (χ3n) is 5.18. The number of pyridine rings is 2. The first-order valence-electron chi connectivity index (χ1n) is 10.2. The van der Waals surface area contributed by atoms with Gasteiger partial charge in [-0.3, -0.25) is 10.3 Å². The van der Waals surface area contributed by atoms with Crippen molar-refractivity contribution >= 4 is 29.4 Å². The highest BCUT2D eigenvalue weighted by Crippen LogP contribution is 2.24. The number of amides is 2. The molecule has 1 aliphatic heterocycles. The zero-order valence-electron chi connectivity index (χ0n) is 17.2. The molecule has 1 aromatic carbocycles. The fourth-order valence-electron chi connectivity index (χ4n) is 3.66. The first-order valence-corrected chi connectivity index (χ1v) is 10.2. The van der Waals surface area contributed by atoms with Crippen LogP contribution in [-0.2, 0) is 0 Å². The van der Waals surface area contributed by atoms with Gasteiger partial charge in [0, 0.05) is 48.0 Å². The van der Waals surface area contributed by atoms with E-state index in [9.17, 15) is 4.79 Å². The van der Waals surface area contributed by atoms with Crippen molar-refractivity contribution in [3.8, 4) is 0 Å². The maximum atomic E-state index is 12.5. The maximum absolute atomic E-state index is 12.5. The number of rotatable bonds is 6. The Hall–Kier alpha value is -3.78. The van der Waals surface area contributed by atoms with Crippen molar-refractivity contribution < 1.29 is 4.79 Å². The van der Waals surface area contributed by atoms with E-state index in [0.717, 1.165) is 17.8 Å². The molecule has 2 unspecified atom stereocenters.